The second kappa shape index (κ2) is 10.8. The Morgan fingerprint density at radius 1 is 1.00 bits per heavy atom. The predicted molar refractivity (Wildman–Crippen MR) is 148 cm³/mol. The van der Waals surface area contributed by atoms with Gasteiger partial charge in [0.15, 0.2) is 11.6 Å². The van der Waals surface area contributed by atoms with Crippen LogP contribution in [0.3, 0.4) is 0 Å². The summed E-state index contributed by atoms with van der Waals surface area (Å²) in [6.07, 6.45) is 1.83. The molecule has 1 aliphatic rings. The monoisotopic (exact) mass is 513 g/mol. The van der Waals surface area contributed by atoms with Crippen LogP contribution in [0, 0.1) is 5.41 Å². The Hall–Kier alpha value is -4.60. The van der Waals surface area contributed by atoms with Crippen molar-refractivity contribution in [1.29, 1.82) is 0 Å². The number of benzene rings is 2. The quantitative estimate of drug-likeness (QED) is 0.521. The van der Waals surface area contributed by atoms with Gasteiger partial charge < -0.3 is 20.4 Å². The van der Waals surface area contributed by atoms with Crippen molar-refractivity contribution in [3.05, 3.63) is 78.4 Å². The number of anilines is 3. The van der Waals surface area contributed by atoms with Gasteiger partial charge in [-0.15, -0.1) is 0 Å². The normalized spacial score (nSPS) is 15.2. The summed E-state index contributed by atoms with van der Waals surface area (Å²) in [5, 5.41) is 5.44. The van der Waals surface area contributed by atoms with Crippen molar-refractivity contribution in [1.82, 2.24) is 15.3 Å². The van der Waals surface area contributed by atoms with E-state index in [1.807, 2.05) is 43.3 Å². The van der Waals surface area contributed by atoms with Gasteiger partial charge in [-0.3, -0.25) is 9.59 Å². The van der Waals surface area contributed by atoms with E-state index in [0.29, 0.717) is 28.5 Å². The molecule has 1 aromatic heterocycles. The van der Waals surface area contributed by atoms with Gasteiger partial charge in [0, 0.05) is 48.8 Å². The minimum atomic E-state index is -1.33. The van der Waals surface area contributed by atoms with Gasteiger partial charge in [-0.1, -0.05) is 45.0 Å². The van der Waals surface area contributed by atoms with Gasteiger partial charge in [-0.05, 0) is 30.3 Å². The number of para-hydroxylation sites is 1. The van der Waals surface area contributed by atoms with E-state index < -0.39 is 23.5 Å². The maximum Gasteiger partial charge on any atom is 0.321 e. The minimum Gasteiger partial charge on any atom is -0.378 e. The van der Waals surface area contributed by atoms with Crippen LogP contribution in [0.25, 0.3) is 0 Å². The van der Waals surface area contributed by atoms with E-state index in [9.17, 15) is 14.4 Å². The van der Waals surface area contributed by atoms with Gasteiger partial charge in [0.1, 0.15) is 5.71 Å². The van der Waals surface area contributed by atoms with Gasteiger partial charge in [-0.25, -0.2) is 19.8 Å². The van der Waals surface area contributed by atoms with Gasteiger partial charge in [-0.2, -0.15) is 0 Å². The summed E-state index contributed by atoms with van der Waals surface area (Å²) in [6.45, 7) is 5.22. The Balaban J connectivity index is 1.73. The number of urea groups is 1. The maximum atomic E-state index is 13.9. The summed E-state index contributed by atoms with van der Waals surface area (Å²) in [7, 11) is 3.80. The summed E-state index contributed by atoms with van der Waals surface area (Å²) in [4.78, 5) is 56.5. The SMILES string of the molecule is CN(C)c1cccc(NC(=O)N[C@@H]2N=C(c3ncccn3)c3ccccc3N(CC(=O)C(C)(C)C)C2=O)c1. The highest BCUT2D eigenvalue weighted by molar-refractivity contribution is 6.19. The fourth-order valence-corrected chi connectivity index (χ4v) is 3.82. The third-order valence-corrected chi connectivity index (χ3v) is 6.01. The van der Waals surface area contributed by atoms with Crippen LogP contribution in [0.4, 0.5) is 21.9 Å². The first-order valence-electron chi connectivity index (χ1n) is 12.2. The second-order valence-electron chi connectivity index (χ2n) is 10.1. The summed E-state index contributed by atoms with van der Waals surface area (Å²) in [5.74, 6) is -0.385. The number of aromatic nitrogens is 2. The lowest BCUT2D eigenvalue weighted by Gasteiger charge is -2.28. The summed E-state index contributed by atoms with van der Waals surface area (Å²) in [5.41, 5.74) is 2.18. The Labute approximate surface area is 221 Å². The Kier molecular flexibility index (Phi) is 7.52. The molecule has 1 aliphatic heterocycles. The number of carbonyl (C=O) groups excluding carboxylic acids is 3. The van der Waals surface area contributed by atoms with E-state index in [1.54, 1.807) is 63.5 Å². The molecular formula is C28H31N7O3. The zero-order chi connectivity index (χ0) is 27.4. The lowest BCUT2D eigenvalue weighted by molar-refractivity contribution is -0.127. The Morgan fingerprint density at radius 3 is 2.39 bits per heavy atom. The molecular weight excluding hydrogens is 482 g/mol. The number of hydrogen-bond acceptors (Lipinski definition) is 7. The van der Waals surface area contributed by atoms with Gasteiger partial charge in [0.2, 0.25) is 6.17 Å². The standard InChI is InChI=1S/C28H31N7O3/c1-28(2,3)22(36)17-35-21-13-7-6-12-20(21)23(24-29-14-9-15-30-24)32-25(26(35)37)33-27(38)31-18-10-8-11-19(16-18)34(4)5/h6-16,25H,17H2,1-5H3,(H2,31,33,38)/t25-/m0/s1. The number of benzodiazepines with no additional fused rings is 1. The van der Waals surface area contributed by atoms with E-state index in [-0.39, 0.29) is 12.3 Å². The second-order valence-corrected chi connectivity index (χ2v) is 10.1. The number of fused-ring (bicyclic) bond motifs is 1. The van der Waals surface area contributed by atoms with Gasteiger partial charge >= 0.3 is 6.03 Å². The van der Waals surface area contributed by atoms with Crippen LogP contribution >= 0.6 is 0 Å². The number of hydrogen-bond donors (Lipinski definition) is 2. The van der Waals surface area contributed by atoms with Crippen molar-refractivity contribution in [3.63, 3.8) is 0 Å². The van der Waals surface area contributed by atoms with Gasteiger partial charge in [0.05, 0.1) is 12.2 Å². The molecule has 3 amide bonds. The van der Waals surface area contributed by atoms with E-state index in [2.05, 4.69) is 25.6 Å². The molecule has 0 aliphatic carbocycles. The lowest BCUT2D eigenvalue weighted by atomic mass is 9.90. The molecule has 3 aromatic rings. The molecule has 2 heterocycles. The predicted octanol–water partition coefficient (Wildman–Crippen LogP) is 3.49. The average molecular weight is 514 g/mol. The van der Waals surface area contributed by atoms with Crippen LogP contribution in [0.5, 0.6) is 0 Å². The Morgan fingerprint density at radius 2 is 1.71 bits per heavy atom. The molecule has 0 saturated heterocycles. The fraction of sp³-hybridized carbons (Fsp3) is 0.286. The summed E-state index contributed by atoms with van der Waals surface area (Å²) >= 11 is 0. The number of amides is 3. The topological polar surface area (TPSA) is 120 Å². The van der Waals surface area contributed by atoms with Crippen LogP contribution in [-0.2, 0) is 9.59 Å². The molecule has 4 rings (SSSR count). The maximum absolute atomic E-state index is 13.9. The molecule has 10 nitrogen and oxygen atoms in total. The number of aliphatic imine (C=N–C) groups is 1. The molecule has 0 radical (unpaired) electrons. The third-order valence-electron chi connectivity index (χ3n) is 6.01. The summed E-state index contributed by atoms with van der Waals surface area (Å²) in [6, 6.07) is 15.5. The van der Waals surface area contributed by atoms with Crippen LogP contribution in [-0.4, -0.2) is 60.2 Å². The number of rotatable bonds is 6. The average Bonchev–Trinajstić information content (AvgIpc) is 2.99. The van der Waals surface area contributed by atoms with Gasteiger partial charge in [0.25, 0.3) is 5.91 Å². The van der Waals surface area contributed by atoms with Crippen molar-refractivity contribution in [2.75, 3.05) is 35.8 Å². The number of carbonyl (C=O) groups is 3. The molecule has 2 N–H and O–H groups in total. The summed E-state index contributed by atoms with van der Waals surface area (Å²) < 4.78 is 0. The van der Waals surface area contributed by atoms with Crippen molar-refractivity contribution >= 4 is 40.5 Å². The molecule has 0 bridgehead atoms. The molecule has 0 saturated carbocycles. The molecule has 1 atom stereocenters. The third kappa shape index (κ3) is 5.86. The minimum absolute atomic E-state index is 0.135. The molecule has 196 valence electrons. The fourth-order valence-electron chi connectivity index (χ4n) is 3.82. The molecule has 0 fully saturated rings. The number of nitrogens with one attached hydrogen (secondary N) is 2. The smallest absolute Gasteiger partial charge is 0.321 e. The number of nitrogens with zero attached hydrogens (tertiary/aromatic N) is 5. The van der Waals surface area contributed by atoms with Crippen LogP contribution in [0.2, 0.25) is 0 Å². The number of Topliss-reactive ketones (excluding diaryl/α,β-unsaturated/α-hetero) is 1. The van der Waals surface area contributed by atoms with Crippen molar-refractivity contribution < 1.29 is 14.4 Å². The van der Waals surface area contributed by atoms with E-state index >= 15 is 0 Å². The van der Waals surface area contributed by atoms with Crippen LogP contribution in [0.1, 0.15) is 32.2 Å². The molecule has 38 heavy (non-hydrogen) atoms. The van der Waals surface area contributed by atoms with E-state index in [1.165, 1.54) is 4.90 Å². The highest BCUT2D eigenvalue weighted by Gasteiger charge is 2.36. The van der Waals surface area contributed by atoms with E-state index in [4.69, 9.17) is 0 Å². The first-order valence-corrected chi connectivity index (χ1v) is 12.2. The van der Waals surface area contributed by atoms with Crippen molar-refractivity contribution in [3.8, 4) is 0 Å². The zero-order valence-corrected chi connectivity index (χ0v) is 22.1. The van der Waals surface area contributed by atoms with Crippen LogP contribution in [0.15, 0.2) is 72.0 Å². The van der Waals surface area contributed by atoms with E-state index in [0.717, 1.165) is 5.69 Å². The zero-order valence-electron chi connectivity index (χ0n) is 22.1. The first-order chi connectivity index (χ1) is 18.0. The molecule has 10 heteroatoms. The van der Waals surface area contributed by atoms with Crippen LogP contribution < -0.4 is 20.4 Å². The highest BCUT2D eigenvalue weighted by atomic mass is 16.2. The highest BCUT2D eigenvalue weighted by Crippen LogP contribution is 2.29. The molecule has 0 unspecified atom stereocenters. The Bertz CT molecular complexity index is 1380. The van der Waals surface area contributed by atoms with Crippen molar-refractivity contribution in [2.24, 2.45) is 10.4 Å². The first kappa shape index (κ1) is 26.5. The number of ketones is 1. The molecule has 0 spiro atoms. The lowest BCUT2D eigenvalue weighted by Crippen LogP contribution is -2.50. The largest absolute Gasteiger partial charge is 0.378 e. The van der Waals surface area contributed by atoms with Crippen molar-refractivity contribution in [2.45, 2.75) is 26.9 Å². The molecule has 2 aromatic carbocycles.